The molecule has 3 rings (SSSR count). The SMILES string of the molecule is O=C(NCCCc1ccco1)N1CCCC[C@H]1CCn1ccnc1. The molecule has 1 aliphatic rings. The van der Waals surface area contributed by atoms with Gasteiger partial charge in [0.2, 0.25) is 0 Å². The maximum atomic E-state index is 12.5. The molecule has 0 bridgehead atoms. The Balaban J connectivity index is 1.42. The summed E-state index contributed by atoms with van der Waals surface area (Å²) in [5, 5.41) is 3.06. The van der Waals surface area contributed by atoms with Gasteiger partial charge in [-0.15, -0.1) is 0 Å². The van der Waals surface area contributed by atoms with E-state index in [2.05, 4.69) is 14.9 Å². The summed E-state index contributed by atoms with van der Waals surface area (Å²) in [4.78, 5) is 18.6. The van der Waals surface area contributed by atoms with Crippen LogP contribution in [0.4, 0.5) is 4.79 Å². The van der Waals surface area contributed by atoms with Gasteiger partial charge in [0, 0.05) is 44.5 Å². The quantitative estimate of drug-likeness (QED) is 0.794. The summed E-state index contributed by atoms with van der Waals surface area (Å²) < 4.78 is 7.39. The first kappa shape index (κ1) is 16.6. The first-order valence-corrected chi connectivity index (χ1v) is 8.85. The number of carbonyl (C=O) groups is 1. The second-order valence-corrected chi connectivity index (χ2v) is 6.35. The molecule has 24 heavy (non-hydrogen) atoms. The van der Waals surface area contributed by atoms with Gasteiger partial charge in [-0.25, -0.2) is 9.78 Å². The van der Waals surface area contributed by atoms with Crippen LogP contribution in [-0.4, -0.2) is 39.6 Å². The third-order valence-electron chi connectivity index (χ3n) is 4.62. The van der Waals surface area contributed by atoms with Crippen molar-refractivity contribution in [2.45, 2.75) is 51.1 Å². The number of nitrogens with zero attached hydrogens (tertiary/aromatic N) is 3. The molecule has 1 N–H and O–H groups in total. The molecule has 1 fully saturated rings. The number of urea groups is 1. The molecule has 2 aromatic heterocycles. The molecular weight excluding hydrogens is 304 g/mol. The first-order chi connectivity index (χ1) is 11.8. The highest BCUT2D eigenvalue weighted by molar-refractivity contribution is 5.74. The van der Waals surface area contributed by atoms with Gasteiger partial charge in [-0.05, 0) is 44.2 Å². The molecule has 1 atom stereocenters. The number of rotatable bonds is 7. The van der Waals surface area contributed by atoms with E-state index in [1.807, 2.05) is 29.6 Å². The van der Waals surface area contributed by atoms with Gasteiger partial charge >= 0.3 is 6.03 Å². The van der Waals surface area contributed by atoms with E-state index >= 15 is 0 Å². The van der Waals surface area contributed by atoms with Crippen LogP contribution < -0.4 is 5.32 Å². The highest BCUT2D eigenvalue weighted by atomic mass is 16.3. The minimum Gasteiger partial charge on any atom is -0.469 e. The number of carbonyl (C=O) groups excluding carboxylic acids is 1. The zero-order valence-corrected chi connectivity index (χ0v) is 14.1. The lowest BCUT2D eigenvalue weighted by atomic mass is 10.00. The molecule has 6 nitrogen and oxygen atoms in total. The molecule has 0 radical (unpaired) electrons. The van der Waals surface area contributed by atoms with E-state index in [0.29, 0.717) is 12.6 Å². The van der Waals surface area contributed by atoms with Gasteiger partial charge in [-0.2, -0.15) is 0 Å². The maximum absolute atomic E-state index is 12.5. The monoisotopic (exact) mass is 330 g/mol. The Hall–Kier alpha value is -2.24. The topological polar surface area (TPSA) is 63.3 Å². The van der Waals surface area contributed by atoms with Gasteiger partial charge in [-0.1, -0.05) is 0 Å². The molecule has 0 unspecified atom stereocenters. The van der Waals surface area contributed by atoms with Crippen LogP contribution in [0.15, 0.2) is 41.5 Å². The third kappa shape index (κ3) is 4.63. The van der Waals surface area contributed by atoms with E-state index < -0.39 is 0 Å². The number of aryl methyl sites for hydroxylation is 2. The molecule has 1 saturated heterocycles. The van der Waals surface area contributed by atoms with Crippen LogP contribution in [-0.2, 0) is 13.0 Å². The molecule has 3 heterocycles. The van der Waals surface area contributed by atoms with Crippen LogP contribution in [0, 0.1) is 0 Å². The second-order valence-electron chi connectivity index (χ2n) is 6.35. The highest BCUT2D eigenvalue weighted by Gasteiger charge is 2.26. The largest absolute Gasteiger partial charge is 0.469 e. The minimum atomic E-state index is 0.0739. The summed E-state index contributed by atoms with van der Waals surface area (Å²) in [6, 6.07) is 4.27. The van der Waals surface area contributed by atoms with Gasteiger partial charge < -0.3 is 19.2 Å². The van der Waals surface area contributed by atoms with Crippen molar-refractivity contribution in [3.8, 4) is 0 Å². The Morgan fingerprint density at radius 3 is 3.17 bits per heavy atom. The standard InChI is InChI=1S/C18H26N4O2/c23-18(20-9-3-6-17-7-4-14-24-17)22-11-2-1-5-16(22)8-12-21-13-10-19-15-21/h4,7,10,13-16H,1-3,5-6,8-9,11-12H2,(H,20,23)/t16-/m0/s1. The van der Waals surface area contributed by atoms with E-state index in [9.17, 15) is 4.79 Å². The van der Waals surface area contributed by atoms with Gasteiger partial charge in [0.25, 0.3) is 0 Å². The van der Waals surface area contributed by atoms with Crippen molar-refractivity contribution in [2.75, 3.05) is 13.1 Å². The molecule has 2 aromatic rings. The Labute approximate surface area is 142 Å². The van der Waals surface area contributed by atoms with Gasteiger partial charge in [0.15, 0.2) is 0 Å². The number of aromatic nitrogens is 2. The van der Waals surface area contributed by atoms with Crippen LogP contribution in [0.1, 0.15) is 37.9 Å². The van der Waals surface area contributed by atoms with Crippen molar-refractivity contribution >= 4 is 6.03 Å². The second kappa shape index (κ2) is 8.57. The number of amides is 2. The van der Waals surface area contributed by atoms with Gasteiger partial charge in [0.05, 0.1) is 12.6 Å². The average Bonchev–Trinajstić information content (AvgIpc) is 3.30. The number of hydrogen-bond acceptors (Lipinski definition) is 3. The predicted octanol–water partition coefficient (Wildman–Crippen LogP) is 3.06. The number of hydrogen-bond donors (Lipinski definition) is 1. The summed E-state index contributed by atoms with van der Waals surface area (Å²) in [5.74, 6) is 0.973. The predicted molar refractivity (Wildman–Crippen MR) is 91.6 cm³/mol. The van der Waals surface area contributed by atoms with Crippen LogP contribution in [0.2, 0.25) is 0 Å². The Kier molecular flexibility index (Phi) is 5.93. The molecule has 0 spiro atoms. The van der Waals surface area contributed by atoms with E-state index in [4.69, 9.17) is 4.42 Å². The van der Waals surface area contributed by atoms with Crippen molar-refractivity contribution < 1.29 is 9.21 Å². The van der Waals surface area contributed by atoms with Crippen molar-refractivity contribution in [3.05, 3.63) is 42.9 Å². The zero-order valence-electron chi connectivity index (χ0n) is 14.1. The van der Waals surface area contributed by atoms with Crippen molar-refractivity contribution in [2.24, 2.45) is 0 Å². The summed E-state index contributed by atoms with van der Waals surface area (Å²) in [6.45, 7) is 2.45. The minimum absolute atomic E-state index is 0.0739. The number of imidazole rings is 1. The van der Waals surface area contributed by atoms with Crippen molar-refractivity contribution in [3.63, 3.8) is 0 Å². The number of furan rings is 1. The van der Waals surface area contributed by atoms with Crippen LogP contribution >= 0.6 is 0 Å². The lowest BCUT2D eigenvalue weighted by Crippen LogP contribution is -2.49. The Morgan fingerprint density at radius 2 is 2.38 bits per heavy atom. The molecular formula is C18H26N4O2. The number of likely N-dealkylation sites (tertiary alicyclic amines) is 1. The van der Waals surface area contributed by atoms with Gasteiger partial charge in [0.1, 0.15) is 5.76 Å². The lowest BCUT2D eigenvalue weighted by molar-refractivity contribution is 0.144. The summed E-state index contributed by atoms with van der Waals surface area (Å²) >= 11 is 0. The fourth-order valence-electron chi connectivity index (χ4n) is 3.30. The fraction of sp³-hybridized carbons (Fsp3) is 0.556. The highest BCUT2D eigenvalue weighted by Crippen LogP contribution is 2.20. The normalized spacial score (nSPS) is 17.8. The molecule has 6 heteroatoms. The summed E-state index contributed by atoms with van der Waals surface area (Å²) in [7, 11) is 0. The van der Waals surface area contributed by atoms with Gasteiger partial charge in [-0.3, -0.25) is 0 Å². The molecule has 0 aliphatic carbocycles. The molecule has 0 saturated carbocycles. The summed E-state index contributed by atoms with van der Waals surface area (Å²) in [5.41, 5.74) is 0. The molecule has 130 valence electrons. The van der Waals surface area contributed by atoms with Crippen molar-refractivity contribution in [1.29, 1.82) is 0 Å². The third-order valence-corrected chi connectivity index (χ3v) is 4.62. The summed E-state index contributed by atoms with van der Waals surface area (Å²) in [6.07, 6.45) is 13.4. The van der Waals surface area contributed by atoms with E-state index in [1.54, 1.807) is 12.5 Å². The van der Waals surface area contributed by atoms with E-state index in [1.165, 1.54) is 6.42 Å². The zero-order chi connectivity index (χ0) is 16.6. The fourth-order valence-corrected chi connectivity index (χ4v) is 3.30. The Bertz CT molecular complexity index is 595. The Morgan fingerprint density at radius 1 is 1.42 bits per heavy atom. The van der Waals surface area contributed by atoms with E-state index in [-0.39, 0.29) is 6.03 Å². The first-order valence-electron chi connectivity index (χ1n) is 8.85. The van der Waals surface area contributed by atoms with Crippen LogP contribution in [0.25, 0.3) is 0 Å². The lowest BCUT2D eigenvalue weighted by Gasteiger charge is -2.36. The average molecular weight is 330 g/mol. The molecule has 0 aromatic carbocycles. The smallest absolute Gasteiger partial charge is 0.317 e. The van der Waals surface area contributed by atoms with Crippen LogP contribution in [0.3, 0.4) is 0 Å². The van der Waals surface area contributed by atoms with Crippen molar-refractivity contribution in [1.82, 2.24) is 19.8 Å². The molecule has 2 amide bonds. The van der Waals surface area contributed by atoms with E-state index in [0.717, 1.165) is 51.0 Å². The van der Waals surface area contributed by atoms with Crippen LogP contribution in [0.5, 0.6) is 0 Å². The number of nitrogens with one attached hydrogen (secondary N) is 1. The molecule has 1 aliphatic heterocycles. The maximum Gasteiger partial charge on any atom is 0.317 e. The number of piperidine rings is 1.